The van der Waals surface area contributed by atoms with E-state index < -0.39 is 0 Å². The van der Waals surface area contributed by atoms with E-state index in [4.69, 9.17) is 4.74 Å². The molecule has 2 unspecified atom stereocenters. The van der Waals surface area contributed by atoms with Crippen LogP contribution >= 0.6 is 0 Å². The van der Waals surface area contributed by atoms with Gasteiger partial charge >= 0.3 is 0 Å². The van der Waals surface area contributed by atoms with Crippen molar-refractivity contribution in [1.82, 2.24) is 4.90 Å². The van der Waals surface area contributed by atoms with E-state index in [2.05, 4.69) is 40.7 Å². The molecule has 1 aromatic carbocycles. The molecule has 0 heterocycles. The number of benzene rings is 1. The Morgan fingerprint density at radius 3 is 2.18 bits per heavy atom. The molecule has 22 heavy (non-hydrogen) atoms. The predicted octanol–water partition coefficient (Wildman–Crippen LogP) is 4.47. The maximum absolute atomic E-state index is 12.9. The Balaban J connectivity index is 3.05. The van der Waals surface area contributed by atoms with Gasteiger partial charge in [0, 0.05) is 18.0 Å². The first-order valence-corrected chi connectivity index (χ1v) is 8.29. The summed E-state index contributed by atoms with van der Waals surface area (Å²) in [6.45, 7) is 12.5. The standard InChI is InChI=1S/C19H31NO2/c1-8-18(16-10-9-11-17(12-16)22-7)15(6)19(21)20(13(2)3)14(4)5/h9-15,18H,8H2,1-7H3. The molecule has 1 aromatic rings. The summed E-state index contributed by atoms with van der Waals surface area (Å²) in [6.07, 6.45) is 0.935. The number of amides is 1. The molecule has 0 aromatic heterocycles. The van der Waals surface area contributed by atoms with Gasteiger partial charge in [0.05, 0.1) is 7.11 Å². The second-order valence-electron chi connectivity index (χ2n) is 6.51. The summed E-state index contributed by atoms with van der Waals surface area (Å²) in [6, 6.07) is 8.52. The first-order chi connectivity index (χ1) is 10.3. The van der Waals surface area contributed by atoms with E-state index in [0.29, 0.717) is 0 Å². The molecule has 0 saturated heterocycles. The summed E-state index contributed by atoms with van der Waals surface area (Å²) < 4.78 is 5.32. The maximum atomic E-state index is 12.9. The molecule has 1 rings (SSSR count). The van der Waals surface area contributed by atoms with Gasteiger partial charge in [0.1, 0.15) is 5.75 Å². The smallest absolute Gasteiger partial charge is 0.226 e. The van der Waals surface area contributed by atoms with Gasteiger partial charge in [0.15, 0.2) is 0 Å². The van der Waals surface area contributed by atoms with Crippen LogP contribution in [0.4, 0.5) is 0 Å². The van der Waals surface area contributed by atoms with Crippen LogP contribution in [0, 0.1) is 5.92 Å². The van der Waals surface area contributed by atoms with Crippen molar-refractivity contribution in [3.8, 4) is 5.75 Å². The fourth-order valence-corrected chi connectivity index (χ4v) is 3.26. The van der Waals surface area contributed by atoms with E-state index in [1.54, 1.807) is 7.11 Å². The normalized spacial score (nSPS) is 14.0. The van der Waals surface area contributed by atoms with Gasteiger partial charge in [-0.1, -0.05) is 26.0 Å². The van der Waals surface area contributed by atoms with E-state index in [-0.39, 0.29) is 29.8 Å². The Bertz CT molecular complexity index is 474. The molecular formula is C19H31NO2. The number of methoxy groups -OCH3 is 1. The molecular weight excluding hydrogens is 274 g/mol. The largest absolute Gasteiger partial charge is 0.497 e. The molecule has 0 saturated carbocycles. The Hall–Kier alpha value is -1.51. The second-order valence-corrected chi connectivity index (χ2v) is 6.51. The minimum Gasteiger partial charge on any atom is -0.497 e. The molecule has 2 atom stereocenters. The Labute approximate surface area is 135 Å². The van der Waals surface area contributed by atoms with Crippen LogP contribution in [0.25, 0.3) is 0 Å². The van der Waals surface area contributed by atoms with E-state index >= 15 is 0 Å². The topological polar surface area (TPSA) is 29.5 Å². The van der Waals surface area contributed by atoms with Crippen LogP contribution in [0.2, 0.25) is 0 Å². The van der Waals surface area contributed by atoms with Crippen LogP contribution in [-0.2, 0) is 4.79 Å². The highest BCUT2D eigenvalue weighted by atomic mass is 16.5. The summed E-state index contributed by atoms with van der Waals surface area (Å²) in [4.78, 5) is 14.9. The van der Waals surface area contributed by atoms with E-state index in [9.17, 15) is 4.79 Å². The molecule has 3 heteroatoms. The zero-order valence-electron chi connectivity index (χ0n) is 15.1. The van der Waals surface area contributed by atoms with Crippen LogP contribution in [-0.4, -0.2) is 30.0 Å². The number of nitrogens with zero attached hydrogens (tertiary/aromatic N) is 1. The van der Waals surface area contributed by atoms with Crippen molar-refractivity contribution in [2.45, 2.75) is 66.0 Å². The zero-order chi connectivity index (χ0) is 16.9. The minimum atomic E-state index is -0.0399. The van der Waals surface area contributed by atoms with Crippen molar-refractivity contribution >= 4 is 5.91 Å². The van der Waals surface area contributed by atoms with Crippen LogP contribution in [0.15, 0.2) is 24.3 Å². The monoisotopic (exact) mass is 305 g/mol. The summed E-state index contributed by atoms with van der Waals surface area (Å²) in [5.74, 6) is 1.25. The van der Waals surface area contributed by atoms with Crippen molar-refractivity contribution in [3.63, 3.8) is 0 Å². The quantitative estimate of drug-likeness (QED) is 0.744. The summed E-state index contributed by atoms with van der Waals surface area (Å²) in [5.41, 5.74) is 1.18. The minimum absolute atomic E-state index is 0.0399. The highest BCUT2D eigenvalue weighted by Gasteiger charge is 2.30. The number of carbonyl (C=O) groups is 1. The number of hydrogen-bond donors (Lipinski definition) is 0. The average Bonchev–Trinajstić information content (AvgIpc) is 2.47. The maximum Gasteiger partial charge on any atom is 0.226 e. The van der Waals surface area contributed by atoms with Crippen molar-refractivity contribution in [3.05, 3.63) is 29.8 Å². The number of hydrogen-bond acceptors (Lipinski definition) is 2. The van der Waals surface area contributed by atoms with Crippen LogP contribution < -0.4 is 4.74 Å². The van der Waals surface area contributed by atoms with Gasteiger partial charge in [-0.2, -0.15) is 0 Å². The summed E-state index contributed by atoms with van der Waals surface area (Å²) >= 11 is 0. The molecule has 0 radical (unpaired) electrons. The Morgan fingerprint density at radius 2 is 1.73 bits per heavy atom. The van der Waals surface area contributed by atoms with Gasteiger partial charge in [-0.25, -0.2) is 0 Å². The summed E-state index contributed by atoms with van der Waals surface area (Å²) in [7, 11) is 1.67. The highest BCUT2D eigenvalue weighted by molar-refractivity contribution is 5.80. The fraction of sp³-hybridized carbons (Fsp3) is 0.632. The predicted molar refractivity (Wildman–Crippen MR) is 92.3 cm³/mol. The lowest BCUT2D eigenvalue weighted by molar-refractivity contribution is -0.139. The lowest BCUT2D eigenvalue weighted by atomic mass is 9.84. The average molecular weight is 305 g/mol. The lowest BCUT2D eigenvalue weighted by Crippen LogP contribution is -2.45. The van der Waals surface area contributed by atoms with Gasteiger partial charge in [0.2, 0.25) is 5.91 Å². The second kappa shape index (κ2) is 8.21. The molecule has 0 spiro atoms. The zero-order valence-corrected chi connectivity index (χ0v) is 15.1. The van der Waals surface area contributed by atoms with Crippen molar-refractivity contribution < 1.29 is 9.53 Å². The van der Waals surface area contributed by atoms with Gasteiger partial charge < -0.3 is 9.64 Å². The van der Waals surface area contributed by atoms with Gasteiger partial charge in [0.25, 0.3) is 0 Å². The first kappa shape index (κ1) is 18.5. The molecule has 0 N–H and O–H groups in total. The molecule has 1 amide bonds. The SMILES string of the molecule is CCC(c1cccc(OC)c1)C(C)C(=O)N(C(C)C)C(C)C. The van der Waals surface area contributed by atoms with Crippen molar-refractivity contribution in [2.75, 3.05) is 7.11 Å². The molecule has 0 fully saturated rings. The van der Waals surface area contributed by atoms with Crippen molar-refractivity contribution in [1.29, 1.82) is 0 Å². The first-order valence-electron chi connectivity index (χ1n) is 8.29. The molecule has 0 aliphatic rings. The molecule has 0 aliphatic heterocycles. The third-order valence-corrected chi connectivity index (χ3v) is 4.32. The van der Waals surface area contributed by atoms with E-state index in [0.717, 1.165) is 12.2 Å². The Kier molecular flexibility index (Phi) is 6.92. The molecule has 0 aliphatic carbocycles. The molecule has 3 nitrogen and oxygen atoms in total. The number of ether oxygens (including phenoxy) is 1. The van der Waals surface area contributed by atoms with E-state index in [1.165, 1.54) is 5.56 Å². The highest BCUT2D eigenvalue weighted by Crippen LogP contribution is 2.32. The van der Waals surface area contributed by atoms with Gasteiger partial charge in [-0.05, 0) is 57.7 Å². The van der Waals surface area contributed by atoms with Gasteiger partial charge in [-0.15, -0.1) is 0 Å². The number of carbonyl (C=O) groups excluding carboxylic acids is 1. The van der Waals surface area contributed by atoms with Crippen LogP contribution in [0.3, 0.4) is 0 Å². The van der Waals surface area contributed by atoms with Crippen molar-refractivity contribution in [2.24, 2.45) is 5.92 Å². The third-order valence-electron chi connectivity index (χ3n) is 4.32. The van der Waals surface area contributed by atoms with E-state index in [1.807, 2.05) is 30.0 Å². The Morgan fingerprint density at radius 1 is 1.14 bits per heavy atom. The number of rotatable bonds is 7. The van der Waals surface area contributed by atoms with Crippen LogP contribution in [0.1, 0.15) is 59.4 Å². The lowest BCUT2D eigenvalue weighted by Gasteiger charge is -2.35. The van der Waals surface area contributed by atoms with Crippen LogP contribution in [0.5, 0.6) is 5.75 Å². The molecule has 0 bridgehead atoms. The third kappa shape index (κ3) is 4.25. The molecule has 124 valence electrons. The summed E-state index contributed by atoms with van der Waals surface area (Å²) in [5, 5.41) is 0. The fourth-order valence-electron chi connectivity index (χ4n) is 3.26. The van der Waals surface area contributed by atoms with Gasteiger partial charge in [-0.3, -0.25) is 4.79 Å².